The zero-order valence-electron chi connectivity index (χ0n) is 10.0. The van der Waals surface area contributed by atoms with Crippen molar-refractivity contribution in [2.24, 2.45) is 0 Å². The van der Waals surface area contributed by atoms with Crippen LogP contribution in [0.25, 0.3) is 0 Å². The molecule has 0 amide bonds. The Balaban J connectivity index is 1.60. The van der Waals surface area contributed by atoms with Crippen LogP contribution in [-0.2, 0) is 19.4 Å². The van der Waals surface area contributed by atoms with Crippen LogP contribution in [-0.4, -0.2) is 0 Å². The number of hydrogen-bond acceptors (Lipinski definition) is 3. The molecule has 0 spiro atoms. The largest absolute Gasteiger partial charge is 0.305 e. The number of hydrogen-bond donors (Lipinski definition) is 1. The molecule has 1 aliphatic carbocycles. The van der Waals surface area contributed by atoms with Crippen molar-refractivity contribution in [2.75, 3.05) is 0 Å². The molecule has 0 aliphatic heterocycles. The molecule has 2 aromatic rings. The Morgan fingerprint density at radius 3 is 3.12 bits per heavy atom. The standard InChI is InChI=1S/C14H17NS2/c1-10(13-6-3-7-16-13)15-9-12-8-11-4-2-5-14(11)17-12/h3,6-8,10,15H,2,4-5,9H2,1H3. The summed E-state index contributed by atoms with van der Waals surface area (Å²) in [4.78, 5) is 4.55. The van der Waals surface area contributed by atoms with Gasteiger partial charge in [0.05, 0.1) is 0 Å². The van der Waals surface area contributed by atoms with E-state index in [0.29, 0.717) is 6.04 Å². The van der Waals surface area contributed by atoms with Gasteiger partial charge in [0.1, 0.15) is 0 Å². The molecule has 0 bridgehead atoms. The number of aryl methyl sites for hydroxylation is 2. The summed E-state index contributed by atoms with van der Waals surface area (Å²) >= 11 is 3.83. The second-order valence-electron chi connectivity index (χ2n) is 4.63. The molecule has 1 aliphatic rings. The highest BCUT2D eigenvalue weighted by atomic mass is 32.1. The van der Waals surface area contributed by atoms with Crippen LogP contribution in [0.3, 0.4) is 0 Å². The molecule has 1 N–H and O–H groups in total. The summed E-state index contributed by atoms with van der Waals surface area (Å²) in [5, 5.41) is 5.76. The highest BCUT2D eigenvalue weighted by molar-refractivity contribution is 7.12. The lowest BCUT2D eigenvalue weighted by atomic mass is 10.2. The normalized spacial score (nSPS) is 16.1. The van der Waals surface area contributed by atoms with E-state index >= 15 is 0 Å². The smallest absolute Gasteiger partial charge is 0.0389 e. The van der Waals surface area contributed by atoms with Crippen molar-refractivity contribution >= 4 is 22.7 Å². The van der Waals surface area contributed by atoms with Gasteiger partial charge in [0.25, 0.3) is 0 Å². The SMILES string of the molecule is CC(NCc1cc2c(s1)CCC2)c1cccs1. The van der Waals surface area contributed by atoms with Crippen LogP contribution in [0.4, 0.5) is 0 Å². The first-order chi connectivity index (χ1) is 8.33. The molecule has 2 heterocycles. The summed E-state index contributed by atoms with van der Waals surface area (Å²) in [7, 11) is 0. The summed E-state index contributed by atoms with van der Waals surface area (Å²) < 4.78 is 0. The monoisotopic (exact) mass is 263 g/mol. The number of rotatable bonds is 4. The summed E-state index contributed by atoms with van der Waals surface area (Å²) in [6.45, 7) is 3.25. The van der Waals surface area contributed by atoms with Gasteiger partial charge in [0.2, 0.25) is 0 Å². The maximum Gasteiger partial charge on any atom is 0.0389 e. The molecule has 17 heavy (non-hydrogen) atoms. The third kappa shape index (κ3) is 2.46. The first kappa shape index (κ1) is 11.5. The van der Waals surface area contributed by atoms with Crippen LogP contribution in [0.1, 0.15) is 39.6 Å². The number of fused-ring (bicyclic) bond motifs is 1. The Morgan fingerprint density at radius 1 is 1.41 bits per heavy atom. The molecule has 0 fully saturated rings. The number of nitrogens with one attached hydrogen (secondary N) is 1. The average Bonchev–Trinajstić information content (AvgIpc) is 3.01. The van der Waals surface area contributed by atoms with Gasteiger partial charge in [-0.2, -0.15) is 0 Å². The fourth-order valence-corrected chi connectivity index (χ4v) is 4.34. The van der Waals surface area contributed by atoms with Gasteiger partial charge in [-0.15, -0.1) is 22.7 Å². The number of thiophene rings is 2. The Labute approximate surface area is 111 Å². The van der Waals surface area contributed by atoms with Crippen LogP contribution in [0, 0.1) is 0 Å². The minimum Gasteiger partial charge on any atom is -0.305 e. The molecular weight excluding hydrogens is 246 g/mol. The van der Waals surface area contributed by atoms with E-state index in [0.717, 1.165) is 6.54 Å². The zero-order valence-corrected chi connectivity index (χ0v) is 11.7. The molecule has 0 saturated heterocycles. The van der Waals surface area contributed by atoms with Crippen molar-refractivity contribution in [3.8, 4) is 0 Å². The van der Waals surface area contributed by atoms with E-state index in [-0.39, 0.29) is 0 Å². The second-order valence-corrected chi connectivity index (χ2v) is 6.83. The summed E-state index contributed by atoms with van der Waals surface area (Å²) in [5.41, 5.74) is 1.61. The minimum atomic E-state index is 0.465. The second kappa shape index (κ2) is 4.92. The Bertz CT molecular complexity index is 463. The Kier molecular flexibility index (Phi) is 3.32. The molecule has 3 rings (SSSR count). The molecule has 0 saturated carbocycles. The predicted molar refractivity (Wildman–Crippen MR) is 75.9 cm³/mol. The van der Waals surface area contributed by atoms with E-state index in [4.69, 9.17) is 0 Å². The summed E-state index contributed by atoms with van der Waals surface area (Å²) in [5.74, 6) is 0. The van der Waals surface area contributed by atoms with Crippen molar-refractivity contribution in [1.29, 1.82) is 0 Å². The van der Waals surface area contributed by atoms with Gasteiger partial charge in [-0.05, 0) is 49.3 Å². The fourth-order valence-electron chi connectivity index (χ4n) is 2.37. The summed E-state index contributed by atoms with van der Waals surface area (Å²) in [6, 6.07) is 7.20. The lowest BCUT2D eigenvalue weighted by Crippen LogP contribution is -2.16. The van der Waals surface area contributed by atoms with E-state index in [2.05, 4.69) is 35.8 Å². The van der Waals surface area contributed by atoms with Crippen molar-refractivity contribution in [3.05, 3.63) is 43.8 Å². The van der Waals surface area contributed by atoms with E-state index in [1.807, 2.05) is 22.7 Å². The van der Waals surface area contributed by atoms with Crippen LogP contribution < -0.4 is 5.32 Å². The Morgan fingerprint density at radius 2 is 2.35 bits per heavy atom. The van der Waals surface area contributed by atoms with Crippen LogP contribution >= 0.6 is 22.7 Å². The van der Waals surface area contributed by atoms with Crippen molar-refractivity contribution in [1.82, 2.24) is 5.32 Å². The third-order valence-electron chi connectivity index (χ3n) is 3.35. The van der Waals surface area contributed by atoms with Gasteiger partial charge in [-0.25, -0.2) is 0 Å². The topological polar surface area (TPSA) is 12.0 Å². The summed E-state index contributed by atoms with van der Waals surface area (Å²) in [6.07, 6.45) is 3.97. The van der Waals surface area contributed by atoms with Crippen molar-refractivity contribution in [2.45, 2.75) is 38.8 Å². The van der Waals surface area contributed by atoms with Gasteiger partial charge < -0.3 is 5.32 Å². The third-order valence-corrected chi connectivity index (χ3v) is 5.64. The maximum absolute atomic E-state index is 3.61. The molecule has 3 heteroatoms. The molecule has 0 aromatic carbocycles. The molecule has 1 nitrogen and oxygen atoms in total. The highest BCUT2D eigenvalue weighted by Gasteiger charge is 2.15. The molecular formula is C14H17NS2. The van der Waals surface area contributed by atoms with E-state index in [1.54, 1.807) is 10.4 Å². The first-order valence-electron chi connectivity index (χ1n) is 6.20. The van der Waals surface area contributed by atoms with Gasteiger partial charge in [0.15, 0.2) is 0 Å². The first-order valence-corrected chi connectivity index (χ1v) is 7.90. The van der Waals surface area contributed by atoms with Crippen LogP contribution in [0.2, 0.25) is 0 Å². The quantitative estimate of drug-likeness (QED) is 0.874. The van der Waals surface area contributed by atoms with Crippen LogP contribution in [0.15, 0.2) is 23.6 Å². The maximum atomic E-state index is 3.61. The minimum absolute atomic E-state index is 0.465. The van der Waals surface area contributed by atoms with Gasteiger partial charge >= 0.3 is 0 Å². The lowest BCUT2D eigenvalue weighted by molar-refractivity contribution is 0.587. The average molecular weight is 263 g/mol. The van der Waals surface area contributed by atoms with Crippen LogP contribution in [0.5, 0.6) is 0 Å². The van der Waals surface area contributed by atoms with E-state index in [9.17, 15) is 0 Å². The van der Waals surface area contributed by atoms with E-state index in [1.165, 1.54) is 29.0 Å². The predicted octanol–water partition coefficient (Wildman–Crippen LogP) is 4.15. The fraction of sp³-hybridized carbons (Fsp3) is 0.429. The van der Waals surface area contributed by atoms with Crippen molar-refractivity contribution < 1.29 is 0 Å². The molecule has 2 aromatic heterocycles. The zero-order chi connectivity index (χ0) is 11.7. The van der Waals surface area contributed by atoms with Gasteiger partial charge in [-0.1, -0.05) is 6.07 Å². The molecule has 90 valence electrons. The molecule has 1 atom stereocenters. The van der Waals surface area contributed by atoms with Gasteiger partial charge in [0, 0.05) is 27.2 Å². The van der Waals surface area contributed by atoms with E-state index < -0.39 is 0 Å². The van der Waals surface area contributed by atoms with Gasteiger partial charge in [-0.3, -0.25) is 0 Å². The molecule has 0 radical (unpaired) electrons. The lowest BCUT2D eigenvalue weighted by Gasteiger charge is -2.10. The Hall–Kier alpha value is -0.640. The van der Waals surface area contributed by atoms with Crippen molar-refractivity contribution in [3.63, 3.8) is 0 Å². The highest BCUT2D eigenvalue weighted by Crippen LogP contribution is 2.30. The molecule has 1 unspecified atom stereocenters.